The number of fused-ring (bicyclic) bond motifs is 1. The van der Waals surface area contributed by atoms with Crippen molar-refractivity contribution in [3.05, 3.63) is 46.6 Å². The van der Waals surface area contributed by atoms with Crippen LogP contribution < -0.4 is 0 Å². The first-order chi connectivity index (χ1) is 13.7. The smallest absolute Gasteiger partial charge is 0.302 e. The molecule has 29 heavy (non-hydrogen) atoms. The van der Waals surface area contributed by atoms with Gasteiger partial charge in [-0.15, -0.1) is 0 Å². The van der Waals surface area contributed by atoms with E-state index in [1.807, 2.05) is 6.08 Å². The quantitative estimate of drug-likeness (QED) is 0.334. The largest absolute Gasteiger partial charge is 0.461 e. The van der Waals surface area contributed by atoms with Gasteiger partial charge in [-0.05, 0) is 59.5 Å². The van der Waals surface area contributed by atoms with Crippen molar-refractivity contribution in [3.63, 3.8) is 0 Å². The van der Waals surface area contributed by atoms with Crippen LogP contribution in [0.25, 0.3) is 0 Å². The Morgan fingerprint density at radius 1 is 1.10 bits per heavy atom. The van der Waals surface area contributed by atoms with Gasteiger partial charge in [-0.1, -0.05) is 34.9 Å². The lowest BCUT2D eigenvalue weighted by molar-refractivity contribution is -0.140. The maximum atomic E-state index is 12.5. The summed E-state index contributed by atoms with van der Waals surface area (Å²) in [5.41, 5.74) is 3.41. The molecule has 0 amide bonds. The van der Waals surface area contributed by atoms with Crippen LogP contribution in [0.15, 0.2) is 46.6 Å². The highest BCUT2D eigenvalue weighted by Crippen LogP contribution is 2.48. The van der Waals surface area contributed by atoms with Gasteiger partial charge in [-0.25, -0.2) is 0 Å². The zero-order valence-electron chi connectivity index (χ0n) is 18.3. The van der Waals surface area contributed by atoms with Gasteiger partial charge >= 0.3 is 5.97 Å². The fourth-order valence-corrected chi connectivity index (χ4v) is 3.52. The van der Waals surface area contributed by atoms with Gasteiger partial charge in [0, 0.05) is 18.9 Å². The first-order valence-electron chi connectivity index (χ1n) is 10.3. The number of allylic oxidation sites excluding steroid dienone is 5. The van der Waals surface area contributed by atoms with Gasteiger partial charge in [0.25, 0.3) is 0 Å². The molecule has 0 bridgehead atoms. The molecule has 1 aliphatic heterocycles. The molecule has 0 aromatic carbocycles. The van der Waals surface area contributed by atoms with E-state index in [0.717, 1.165) is 25.7 Å². The maximum absolute atomic E-state index is 12.5. The Kier molecular flexibility index (Phi) is 8.17. The van der Waals surface area contributed by atoms with Gasteiger partial charge in [0.1, 0.15) is 18.8 Å². The summed E-state index contributed by atoms with van der Waals surface area (Å²) in [6.07, 6.45) is 11.0. The summed E-state index contributed by atoms with van der Waals surface area (Å²) in [5, 5.41) is 10.4. The predicted octanol–water partition coefficient (Wildman–Crippen LogP) is 4.37. The molecule has 0 unspecified atom stereocenters. The predicted molar refractivity (Wildman–Crippen MR) is 113 cm³/mol. The lowest BCUT2D eigenvalue weighted by Crippen LogP contribution is -2.38. The number of esters is 1. The second-order valence-corrected chi connectivity index (χ2v) is 8.40. The summed E-state index contributed by atoms with van der Waals surface area (Å²) in [6, 6.07) is 0. The molecule has 1 fully saturated rings. The highest BCUT2D eigenvalue weighted by atomic mass is 16.6. The molecule has 0 saturated carbocycles. The second kappa shape index (κ2) is 10.2. The molecule has 2 aliphatic rings. The molecule has 0 aromatic rings. The average Bonchev–Trinajstić information content (AvgIpc) is 3.38. The minimum atomic E-state index is -0.948. The van der Waals surface area contributed by atoms with E-state index in [1.165, 1.54) is 29.7 Å². The Morgan fingerprint density at radius 2 is 1.72 bits per heavy atom. The van der Waals surface area contributed by atoms with Crippen LogP contribution >= 0.6 is 0 Å². The molecule has 0 aromatic heterocycles. The Hall–Kier alpha value is -1.98. The molecule has 160 valence electrons. The number of rotatable bonds is 10. The Labute approximate surface area is 174 Å². The number of carbonyl (C=O) groups excluding carboxylic acids is 2. The molecule has 1 heterocycles. The number of ether oxygens (including phenoxy) is 2. The fourth-order valence-electron chi connectivity index (χ4n) is 3.52. The summed E-state index contributed by atoms with van der Waals surface area (Å²) in [6.45, 7) is 9.68. The van der Waals surface area contributed by atoms with Gasteiger partial charge < -0.3 is 14.6 Å². The van der Waals surface area contributed by atoms with Crippen molar-refractivity contribution >= 4 is 11.8 Å². The highest BCUT2D eigenvalue weighted by molar-refractivity contribution is 6.02. The van der Waals surface area contributed by atoms with Crippen molar-refractivity contribution in [2.75, 3.05) is 6.61 Å². The minimum Gasteiger partial charge on any atom is -0.461 e. The van der Waals surface area contributed by atoms with E-state index in [9.17, 15) is 14.7 Å². The SMILES string of the molecule is CC(=O)OCC1=CC(=O)[C@@]2(C/C=C(\C)CC/C=C(\C)CCC=C(C)C)O[C@H]2[C@@H]1O. The molecule has 0 radical (unpaired) electrons. The number of carbonyl (C=O) groups is 2. The zero-order valence-corrected chi connectivity index (χ0v) is 18.3. The number of ketones is 1. The van der Waals surface area contributed by atoms with E-state index in [4.69, 9.17) is 9.47 Å². The summed E-state index contributed by atoms with van der Waals surface area (Å²) in [7, 11) is 0. The van der Waals surface area contributed by atoms with E-state index in [-0.39, 0.29) is 12.4 Å². The first-order valence-corrected chi connectivity index (χ1v) is 10.3. The van der Waals surface area contributed by atoms with Crippen LogP contribution in [-0.2, 0) is 19.1 Å². The van der Waals surface area contributed by atoms with E-state index >= 15 is 0 Å². The van der Waals surface area contributed by atoms with Gasteiger partial charge in [-0.2, -0.15) is 0 Å². The standard InChI is InChI=1S/C24H34O5/c1-16(2)8-6-9-17(3)10-7-11-18(4)12-13-24-21(26)14-20(15-28-19(5)25)22(27)23(24)29-24/h8,10,12,14,22-23,27H,6-7,9,11,13,15H2,1-5H3/b17-10+,18-12+/t22-,23+,24-/m1/s1. The first kappa shape index (κ1) is 23.3. The van der Waals surface area contributed by atoms with Crippen LogP contribution in [0.2, 0.25) is 0 Å². The molecule has 2 rings (SSSR count). The molecule has 0 spiro atoms. The third-order valence-electron chi connectivity index (χ3n) is 5.46. The zero-order chi connectivity index (χ0) is 21.6. The van der Waals surface area contributed by atoms with Crippen LogP contribution in [0, 0.1) is 0 Å². The number of hydrogen-bond acceptors (Lipinski definition) is 5. The van der Waals surface area contributed by atoms with Crippen molar-refractivity contribution in [3.8, 4) is 0 Å². The highest BCUT2D eigenvalue weighted by Gasteiger charge is 2.66. The Balaban J connectivity index is 1.84. The van der Waals surface area contributed by atoms with Crippen molar-refractivity contribution < 1.29 is 24.2 Å². The number of epoxide rings is 1. The summed E-state index contributed by atoms with van der Waals surface area (Å²) >= 11 is 0. The van der Waals surface area contributed by atoms with E-state index in [0.29, 0.717) is 12.0 Å². The second-order valence-electron chi connectivity index (χ2n) is 8.40. The van der Waals surface area contributed by atoms with Crippen molar-refractivity contribution in [2.45, 2.75) is 84.5 Å². The van der Waals surface area contributed by atoms with E-state index in [1.54, 1.807) is 0 Å². The monoisotopic (exact) mass is 402 g/mol. The van der Waals surface area contributed by atoms with E-state index in [2.05, 4.69) is 39.8 Å². The number of aliphatic hydroxyl groups is 1. The molecular formula is C24H34O5. The van der Waals surface area contributed by atoms with Crippen molar-refractivity contribution in [2.24, 2.45) is 0 Å². The Bertz CT molecular complexity index is 751. The van der Waals surface area contributed by atoms with Gasteiger partial charge in [-0.3, -0.25) is 9.59 Å². The molecule has 1 aliphatic carbocycles. The molecule has 3 atom stereocenters. The summed E-state index contributed by atoms with van der Waals surface area (Å²) in [4.78, 5) is 23.5. The van der Waals surface area contributed by atoms with E-state index < -0.39 is 23.8 Å². The molecule has 1 saturated heterocycles. The van der Waals surface area contributed by atoms with Gasteiger partial charge in [0.05, 0.1) is 0 Å². The average molecular weight is 403 g/mol. The van der Waals surface area contributed by atoms with Gasteiger partial charge in [0.15, 0.2) is 11.4 Å². The van der Waals surface area contributed by atoms with Crippen LogP contribution in [0.4, 0.5) is 0 Å². The third-order valence-corrected chi connectivity index (χ3v) is 5.46. The number of hydrogen-bond donors (Lipinski definition) is 1. The Morgan fingerprint density at radius 3 is 2.34 bits per heavy atom. The van der Waals surface area contributed by atoms with Crippen molar-refractivity contribution in [1.29, 1.82) is 0 Å². The summed E-state index contributed by atoms with van der Waals surface area (Å²) in [5.74, 6) is -0.604. The summed E-state index contributed by atoms with van der Waals surface area (Å²) < 4.78 is 10.5. The third kappa shape index (κ3) is 6.51. The molecule has 5 heteroatoms. The fraction of sp³-hybridized carbons (Fsp3) is 0.583. The molecule has 5 nitrogen and oxygen atoms in total. The van der Waals surface area contributed by atoms with Crippen LogP contribution in [0.5, 0.6) is 0 Å². The lowest BCUT2D eigenvalue weighted by Gasteiger charge is -2.20. The van der Waals surface area contributed by atoms with Crippen LogP contribution in [0.3, 0.4) is 0 Å². The number of aliphatic hydroxyl groups excluding tert-OH is 1. The normalized spacial score (nSPS) is 26.6. The van der Waals surface area contributed by atoms with Gasteiger partial charge in [0.2, 0.25) is 0 Å². The maximum Gasteiger partial charge on any atom is 0.302 e. The van der Waals surface area contributed by atoms with Crippen molar-refractivity contribution in [1.82, 2.24) is 0 Å². The molecule has 1 N–H and O–H groups in total. The lowest BCUT2D eigenvalue weighted by atomic mass is 9.84. The van der Waals surface area contributed by atoms with Crippen LogP contribution in [-0.4, -0.2) is 41.3 Å². The van der Waals surface area contributed by atoms with Crippen LogP contribution in [0.1, 0.15) is 66.7 Å². The molecular weight excluding hydrogens is 368 g/mol. The topological polar surface area (TPSA) is 76.1 Å². The minimum absolute atomic E-state index is 0.0770.